The normalized spacial score (nSPS) is 10.0. The Hall–Kier alpha value is -2.86. The molecule has 0 spiro atoms. The van der Waals surface area contributed by atoms with Crippen molar-refractivity contribution >= 4 is 35.1 Å². The molecule has 0 aliphatic carbocycles. The van der Waals surface area contributed by atoms with Crippen LogP contribution in [0.5, 0.6) is 0 Å². The van der Waals surface area contributed by atoms with E-state index >= 15 is 0 Å². The van der Waals surface area contributed by atoms with E-state index in [2.05, 4.69) is 5.32 Å². The molecule has 0 fully saturated rings. The van der Waals surface area contributed by atoms with E-state index in [0.717, 1.165) is 0 Å². The van der Waals surface area contributed by atoms with Crippen molar-refractivity contribution in [2.45, 2.75) is 6.92 Å². The van der Waals surface area contributed by atoms with Crippen molar-refractivity contribution in [2.75, 3.05) is 18.5 Å². The number of nitrogens with one attached hydrogen (secondary N) is 1. The van der Waals surface area contributed by atoms with Gasteiger partial charge < -0.3 is 14.8 Å². The number of benzene rings is 2. The van der Waals surface area contributed by atoms with E-state index in [-0.39, 0.29) is 6.61 Å². The Morgan fingerprint density at radius 1 is 0.880 bits per heavy atom. The highest BCUT2D eigenvalue weighted by atomic mass is 35.5. The second-order valence-corrected chi connectivity index (χ2v) is 5.37. The molecule has 0 aliphatic heterocycles. The highest BCUT2D eigenvalue weighted by Gasteiger charge is 2.11. The number of carbonyl (C=O) groups excluding carboxylic acids is 3. The molecule has 6 nitrogen and oxygen atoms in total. The molecule has 2 aromatic rings. The Labute approximate surface area is 149 Å². The maximum absolute atomic E-state index is 11.8. The topological polar surface area (TPSA) is 81.7 Å². The largest absolute Gasteiger partial charge is 0.462 e. The molecular weight excluding hydrogens is 346 g/mol. The molecule has 0 atom stereocenters. The van der Waals surface area contributed by atoms with E-state index in [1.165, 1.54) is 24.3 Å². The molecule has 130 valence electrons. The number of halogens is 1. The van der Waals surface area contributed by atoms with Gasteiger partial charge in [0, 0.05) is 10.7 Å². The number of hydrogen-bond acceptors (Lipinski definition) is 5. The van der Waals surface area contributed by atoms with Crippen LogP contribution in [0.3, 0.4) is 0 Å². The van der Waals surface area contributed by atoms with Crippen molar-refractivity contribution in [3.63, 3.8) is 0 Å². The SMILES string of the molecule is CCOC(=O)c1ccc(NC(=O)COC(=O)c2ccc(Cl)cc2)cc1. The Morgan fingerprint density at radius 3 is 1.96 bits per heavy atom. The average Bonchev–Trinajstić information content (AvgIpc) is 2.61. The number of esters is 2. The van der Waals surface area contributed by atoms with Gasteiger partial charge in [0.2, 0.25) is 0 Å². The predicted octanol–water partition coefficient (Wildman–Crippen LogP) is 3.31. The first-order chi connectivity index (χ1) is 12.0. The average molecular weight is 362 g/mol. The molecule has 1 N–H and O–H groups in total. The van der Waals surface area contributed by atoms with E-state index in [4.69, 9.17) is 21.1 Å². The van der Waals surface area contributed by atoms with Crippen molar-refractivity contribution in [3.8, 4) is 0 Å². The van der Waals surface area contributed by atoms with Crippen LogP contribution in [0.15, 0.2) is 48.5 Å². The number of rotatable bonds is 6. The van der Waals surface area contributed by atoms with Gasteiger partial charge >= 0.3 is 11.9 Å². The lowest BCUT2D eigenvalue weighted by atomic mass is 10.2. The van der Waals surface area contributed by atoms with Gasteiger partial charge in [-0.25, -0.2) is 9.59 Å². The number of ether oxygens (including phenoxy) is 2. The molecule has 0 aliphatic rings. The smallest absolute Gasteiger partial charge is 0.338 e. The van der Waals surface area contributed by atoms with Crippen molar-refractivity contribution in [1.82, 2.24) is 0 Å². The number of amides is 1. The van der Waals surface area contributed by atoms with Crippen LogP contribution in [0.4, 0.5) is 5.69 Å². The maximum Gasteiger partial charge on any atom is 0.338 e. The van der Waals surface area contributed by atoms with Crippen LogP contribution in [0.2, 0.25) is 5.02 Å². The van der Waals surface area contributed by atoms with Gasteiger partial charge in [-0.1, -0.05) is 11.6 Å². The lowest BCUT2D eigenvalue weighted by Crippen LogP contribution is -2.21. The summed E-state index contributed by atoms with van der Waals surface area (Å²) in [4.78, 5) is 35.2. The second kappa shape index (κ2) is 8.84. The van der Waals surface area contributed by atoms with Gasteiger partial charge in [0.05, 0.1) is 17.7 Å². The Morgan fingerprint density at radius 2 is 1.40 bits per heavy atom. The summed E-state index contributed by atoms with van der Waals surface area (Å²) >= 11 is 5.74. The highest BCUT2D eigenvalue weighted by molar-refractivity contribution is 6.30. The van der Waals surface area contributed by atoms with Crippen LogP contribution in [0.1, 0.15) is 27.6 Å². The van der Waals surface area contributed by atoms with Gasteiger partial charge in [0.1, 0.15) is 0 Å². The predicted molar refractivity (Wildman–Crippen MR) is 92.8 cm³/mol. The molecule has 7 heteroatoms. The van der Waals surface area contributed by atoms with Crippen LogP contribution in [-0.4, -0.2) is 31.1 Å². The number of anilines is 1. The van der Waals surface area contributed by atoms with Gasteiger partial charge in [0.15, 0.2) is 6.61 Å². The molecule has 2 rings (SSSR count). The Bertz CT molecular complexity index is 756. The Kier molecular flexibility index (Phi) is 6.54. The molecule has 0 bridgehead atoms. The van der Waals surface area contributed by atoms with Gasteiger partial charge in [-0.05, 0) is 55.5 Å². The summed E-state index contributed by atoms with van der Waals surface area (Å²) in [5.41, 5.74) is 1.16. The van der Waals surface area contributed by atoms with Gasteiger partial charge in [-0.3, -0.25) is 4.79 Å². The number of carbonyl (C=O) groups is 3. The minimum absolute atomic E-state index is 0.288. The van der Waals surface area contributed by atoms with Gasteiger partial charge in [-0.15, -0.1) is 0 Å². The molecule has 0 saturated heterocycles. The summed E-state index contributed by atoms with van der Waals surface area (Å²) in [6.07, 6.45) is 0. The summed E-state index contributed by atoms with van der Waals surface area (Å²) in [6.45, 7) is 1.58. The van der Waals surface area contributed by atoms with Crippen LogP contribution in [-0.2, 0) is 14.3 Å². The molecule has 0 saturated carbocycles. The second-order valence-electron chi connectivity index (χ2n) is 4.93. The van der Waals surface area contributed by atoms with E-state index in [9.17, 15) is 14.4 Å². The first kappa shape index (κ1) is 18.5. The first-order valence-electron chi connectivity index (χ1n) is 7.49. The Balaban J connectivity index is 1.84. The molecular formula is C18H16ClNO5. The highest BCUT2D eigenvalue weighted by Crippen LogP contribution is 2.12. The standard InChI is InChI=1S/C18H16ClNO5/c1-2-24-17(22)13-5-9-15(10-6-13)20-16(21)11-25-18(23)12-3-7-14(19)8-4-12/h3-10H,2,11H2,1H3,(H,20,21). The fraction of sp³-hybridized carbons (Fsp3) is 0.167. The lowest BCUT2D eigenvalue weighted by Gasteiger charge is -2.07. The molecule has 1 amide bonds. The summed E-state index contributed by atoms with van der Waals surface area (Å²) in [6, 6.07) is 12.3. The van der Waals surface area contributed by atoms with E-state index in [0.29, 0.717) is 21.8 Å². The van der Waals surface area contributed by atoms with Crippen molar-refractivity contribution < 1.29 is 23.9 Å². The van der Waals surface area contributed by atoms with E-state index in [1.807, 2.05) is 0 Å². The fourth-order valence-electron chi connectivity index (χ4n) is 1.90. The zero-order chi connectivity index (χ0) is 18.2. The minimum Gasteiger partial charge on any atom is -0.462 e. The van der Waals surface area contributed by atoms with Crippen LogP contribution in [0.25, 0.3) is 0 Å². The van der Waals surface area contributed by atoms with Crippen molar-refractivity contribution in [3.05, 3.63) is 64.7 Å². The third-order valence-corrected chi connectivity index (χ3v) is 3.35. The molecule has 0 unspecified atom stereocenters. The zero-order valence-electron chi connectivity index (χ0n) is 13.5. The maximum atomic E-state index is 11.8. The van der Waals surface area contributed by atoms with E-state index < -0.39 is 24.5 Å². The van der Waals surface area contributed by atoms with Crippen LogP contribution < -0.4 is 5.32 Å². The summed E-state index contributed by atoms with van der Waals surface area (Å²) in [5.74, 6) is -1.55. The summed E-state index contributed by atoms with van der Waals surface area (Å²) < 4.78 is 9.80. The molecule has 0 heterocycles. The number of hydrogen-bond donors (Lipinski definition) is 1. The lowest BCUT2D eigenvalue weighted by molar-refractivity contribution is -0.119. The van der Waals surface area contributed by atoms with Crippen LogP contribution >= 0.6 is 11.6 Å². The third-order valence-electron chi connectivity index (χ3n) is 3.09. The quantitative estimate of drug-likeness (QED) is 0.798. The van der Waals surface area contributed by atoms with Crippen molar-refractivity contribution in [1.29, 1.82) is 0 Å². The molecule has 0 radical (unpaired) electrons. The van der Waals surface area contributed by atoms with Crippen LogP contribution in [0, 0.1) is 0 Å². The molecule has 0 aromatic heterocycles. The first-order valence-corrected chi connectivity index (χ1v) is 7.87. The fourth-order valence-corrected chi connectivity index (χ4v) is 2.03. The monoisotopic (exact) mass is 361 g/mol. The summed E-state index contributed by atoms with van der Waals surface area (Å²) in [7, 11) is 0. The zero-order valence-corrected chi connectivity index (χ0v) is 14.2. The van der Waals surface area contributed by atoms with Gasteiger partial charge in [-0.2, -0.15) is 0 Å². The minimum atomic E-state index is -0.621. The van der Waals surface area contributed by atoms with E-state index in [1.54, 1.807) is 31.2 Å². The molecule has 2 aromatic carbocycles. The third kappa shape index (κ3) is 5.61. The summed E-state index contributed by atoms with van der Waals surface area (Å²) in [5, 5.41) is 3.07. The molecule has 25 heavy (non-hydrogen) atoms. The van der Waals surface area contributed by atoms with Gasteiger partial charge in [0.25, 0.3) is 5.91 Å². The van der Waals surface area contributed by atoms with Crippen molar-refractivity contribution in [2.24, 2.45) is 0 Å².